The molecule has 140 valence electrons. The first-order valence-corrected chi connectivity index (χ1v) is 8.45. The Bertz CT molecular complexity index is 827. The summed E-state index contributed by atoms with van der Waals surface area (Å²) < 4.78 is 44.8. The Labute approximate surface area is 162 Å². The number of methoxy groups -OCH3 is 3. The lowest BCUT2D eigenvalue weighted by Gasteiger charge is -2.20. The van der Waals surface area contributed by atoms with Gasteiger partial charge in [0.05, 0.1) is 17.6 Å². The van der Waals surface area contributed by atoms with Crippen LogP contribution >= 0.6 is 22.6 Å². The van der Waals surface area contributed by atoms with Crippen molar-refractivity contribution in [1.29, 1.82) is 0 Å². The van der Waals surface area contributed by atoms with Gasteiger partial charge in [0.25, 0.3) is 0 Å². The molecule has 2 aromatic carbocycles. The molecule has 0 aliphatic rings. The van der Waals surface area contributed by atoms with Crippen molar-refractivity contribution in [2.75, 3.05) is 21.3 Å². The molecule has 2 aromatic rings. The van der Waals surface area contributed by atoms with Crippen molar-refractivity contribution < 1.29 is 27.9 Å². The molecule has 0 bridgehead atoms. The minimum Gasteiger partial charge on any atom is -0.490 e. The van der Waals surface area contributed by atoms with Crippen LogP contribution < -0.4 is 4.74 Å². The van der Waals surface area contributed by atoms with Gasteiger partial charge < -0.3 is 14.2 Å². The third-order valence-corrected chi connectivity index (χ3v) is 4.48. The lowest BCUT2D eigenvalue weighted by Crippen LogP contribution is -2.14. The number of ether oxygens (including phenoxy) is 3. The van der Waals surface area contributed by atoms with E-state index in [1.165, 1.54) is 33.5 Å². The van der Waals surface area contributed by atoms with Crippen LogP contribution in [0.25, 0.3) is 0 Å². The molecule has 0 saturated carbocycles. The summed E-state index contributed by atoms with van der Waals surface area (Å²) in [6.07, 6.45) is -1.42. The molecule has 0 fully saturated rings. The second kappa shape index (κ2) is 8.69. The average Bonchev–Trinajstić information content (AvgIpc) is 2.59. The Balaban J connectivity index is 2.76. The minimum absolute atomic E-state index is 0.0688. The van der Waals surface area contributed by atoms with Crippen molar-refractivity contribution in [3.05, 3.63) is 66.3 Å². The Hall–Kier alpha value is -1.85. The Morgan fingerprint density at radius 3 is 2.31 bits per heavy atom. The molecule has 9 heteroatoms. The van der Waals surface area contributed by atoms with E-state index in [-0.39, 0.29) is 28.9 Å². The molecule has 6 nitrogen and oxygen atoms in total. The summed E-state index contributed by atoms with van der Waals surface area (Å²) >= 11 is 1.95. The van der Waals surface area contributed by atoms with E-state index in [0.717, 1.165) is 6.07 Å². The van der Waals surface area contributed by atoms with Crippen LogP contribution in [0.3, 0.4) is 0 Å². The van der Waals surface area contributed by atoms with Crippen LogP contribution in [0.15, 0.2) is 24.3 Å². The number of nitrogens with zero attached hydrogens (tertiary/aromatic N) is 1. The van der Waals surface area contributed by atoms with Gasteiger partial charge in [-0.25, -0.2) is 8.78 Å². The monoisotopic (exact) mass is 479 g/mol. The van der Waals surface area contributed by atoms with Gasteiger partial charge in [-0.05, 0) is 40.3 Å². The minimum atomic E-state index is -1.19. The first kappa shape index (κ1) is 20.5. The van der Waals surface area contributed by atoms with Crippen molar-refractivity contribution in [3.63, 3.8) is 0 Å². The van der Waals surface area contributed by atoms with Crippen LogP contribution in [-0.4, -0.2) is 26.3 Å². The smallest absolute Gasteiger partial charge is 0.315 e. The standard InChI is InChI=1S/C17H16F2INO5/c1-24-14-8-13(19)15(17(25-2)26-3)11(16(14)21(22)23)6-9-4-5-10(20)7-12(9)18/h4-5,7-8,17H,6H2,1-3H3. The molecule has 0 heterocycles. The third kappa shape index (κ3) is 4.10. The number of hydrogen-bond acceptors (Lipinski definition) is 5. The maximum atomic E-state index is 14.7. The molecule has 26 heavy (non-hydrogen) atoms. The van der Waals surface area contributed by atoms with Gasteiger partial charge in [0.15, 0.2) is 12.0 Å². The molecule has 0 spiro atoms. The van der Waals surface area contributed by atoms with E-state index in [9.17, 15) is 18.9 Å². The van der Waals surface area contributed by atoms with Crippen molar-refractivity contribution in [3.8, 4) is 5.75 Å². The summed E-state index contributed by atoms with van der Waals surface area (Å²) in [5.41, 5.74) is -0.518. The van der Waals surface area contributed by atoms with Crippen molar-refractivity contribution in [2.24, 2.45) is 0 Å². The zero-order chi connectivity index (χ0) is 19.4. The summed E-state index contributed by atoms with van der Waals surface area (Å²) in [6.45, 7) is 0. The van der Waals surface area contributed by atoms with Gasteiger partial charge in [-0.3, -0.25) is 10.1 Å². The van der Waals surface area contributed by atoms with Crippen LogP contribution in [0.2, 0.25) is 0 Å². The van der Waals surface area contributed by atoms with Crippen LogP contribution in [0.5, 0.6) is 5.75 Å². The molecule has 0 aromatic heterocycles. The number of benzene rings is 2. The molecule has 0 atom stereocenters. The van der Waals surface area contributed by atoms with E-state index in [0.29, 0.717) is 3.57 Å². The maximum absolute atomic E-state index is 14.7. The molecule has 0 N–H and O–H groups in total. The van der Waals surface area contributed by atoms with Crippen molar-refractivity contribution >= 4 is 28.3 Å². The Kier molecular flexibility index (Phi) is 6.84. The second-order valence-corrected chi connectivity index (χ2v) is 6.52. The summed E-state index contributed by atoms with van der Waals surface area (Å²) in [6, 6.07) is 5.34. The van der Waals surface area contributed by atoms with E-state index < -0.39 is 28.5 Å². The van der Waals surface area contributed by atoms with Crippen LogP contribution in [0.4, 0.5) is 14.5 Å². The van der Waals surface area contributed by atoms with Crippen LogP contribution in [0.1, 0.15) is 23.0 Å². The SMILES string of the molecule is COc1cc(F)c(C(OC)OC)c(Cc2ccc(I)cc2F)c1[N+](=O)[O-]. The fraction of sp³-hybridized carbons (Fsp3) is 0.294. The van der Waals surface area contributed by atoms with Gasteiger partial charge in [0.2, 0.25) is 0 Å². The molecule has 0 unspecified atom stereocenters. The van der Waals surface area contributed by atoms with Crippen LogP contribution in [-0.2, 0) is 15.9 Å². The Morgan fingerprint density at radius 1 is 1.15 bits per heavy atom. The molecular weight excluding hydrogens is 463 g/mol. The number of nitro groups is 1. The number of halogens is 3. The van der Waals surface area contributed by atoms with Gasteiger partial charge in [-0.2, -0.15) is 0 Å². The average molecular weight is 479 g/mol. The number of hydrogen-bond donors (Lipinski definition) is 0. The molecule has 0 aliphatic carbocycles. The quantitative estimate of drug-likeness (QED) is 0.256. The maximum Gasteiger partial charge on any atom is 0.315 e. The van der Waals surface area contributed by atoms with Gasteiger partial charge in [0.1, 0.15) is 11.6 Å². The normalized spacial score (nSPS) is 11.0. The fourth-order valence-electron chi connectivity index (χ4n) is 2.66. The molecule has 0 aliphatic heterocycles. The van der Waals surface area contributed by atoms with Gasteiger partial charge in [-0.15, -0.1) is 0 Å². The van der Waals surface area contributed by atoms with Crippen molar-refractivity contribution in [2.45, 2.75) is 12.7 Å². The summed E-state index contributed by atoms with van der Waals surface area (Å²) in [5.74, 6) is -1.61. The molecule has 0 radical (unpaired) electrons. The van der Waals surface area contributed by atoms with E-state index >= 15 is 0 Å². The lowest BCUT2D eigenvalue weighted by molar-refractivity contribution is -0.386. The highest BCUT2D eigenvalue weighted by Crippen LogP contribution is 2.40. The van der Waals surface area contributed by atoms with E-state index in [1.54, 1.807) is 6.07 Å². The van der Waals surface area contributed by atoms with E-state index in [2.05, 4.69) is 0 Å². The van der Waals surface area contributed by atoms with Gasteiger partial charge >= 0.3 is 5.69 Å². The topological polar surface area (TPSA) is 70.8 Å². The molecular formula is C17H16F2INO5. The van der Waals surface area contributed by atoms with Gasteiger partial charge in [0, 0.05) is 35.8 Å². The number of nitro benzene ring substituents is 1. The highest BCUT2D eigenvalue weighted by molar-refractivity contribution is 14.1. The van der Waals surface area contributed by atoms with E-state index in [1.807, 2.05) is 22.6 Å². The van der Waals surface area contributed by atoms with Crippen molar-refractivity contribution in [1.82, 2.24) is 0 Å². The predicted octanol–water partition coefficient (Wildman–Crippen LogP) is 4.37. The summed E-state index contributed by atoms with van der Waals surface area (Å²) in [7, 11) is 3.75. The molecule has 2 rings (SSSR count). The fourth-order valence-corrected chi connectivity index (χ4v) is 3.11. The molecule has 0 saturated heterocycles. The zero-order valence-electron chi connectivity index (χ0n) is 14.2. The first-order valence-electron chi connectivity index (χ1n) is 7.37. The van der Waals surface area contributed by atoms with Crippen LogP contribution in [0, 0.1) is 25.3 Å². The molecule has 0 amide bonds. The third-order valence-electron chi connectivity index (χ3n) is 3.81. The highest BCUT2D eigenvalue weighted by atomic mass is 127. The lowest BCUT2D eigenvalue weighted by atomic mass is 9.96. The number of rotatable bonds is 7. The van der Waals surface area contributed by atoms with E-state index in [4.69, 9.17) is 14.2 Å². The summed E-state index contributed by atoms with van der Waals surface area (Å²) in [4.78, 5) is 10.9. The Morgan fingerprint density at radius 2 is 1.81 bits per heavy atom. The van der Waals surface area contributed by atoms with Gasteiger partial charge in [-0.1, -0.05) is 6.07 Å². The largest absolute Gasteiger partial charge is 0.490 e. The summed E-state index contributed by atoms with van der Waals surface area (Å²) in [5, 5.41) is 11.6. The zero-order valence-corrected chi connectivity index (χ0v) is 16.4. The first-order chi connectivity index (χ1) is 12.3. The second-order valence-electron chi connectivity index (χ2n) is 5.27. The predicted molar refractivity (Wildman–Crippen MR) is 98.3 cm³/mol. The highest BCUT2D eigenvalue weighted by Gasteiger charge is 2.32.